The first kappa shape index (κ1) is 13.8. The van der Waals surface area contributed by atoms with E-state index in [1.807, 2.05) is 0 Å². The van der Waals surface area contributed by atoms with Gasteiger partial charge in [-0.05, 0) is 44.2 Å². The number of carboxylic acid groups (broad SMARTS) is 1. The van der Waals surface area contributed by atoms with E-state index in [1.165, 1.54) is 0 Å². The van der Waals surface area contributed by atoms with E-state index in [-0.39, 0.29) is 0 Å². The van der Waals surface area contributed by atoms with Crippen LogP contribution >= 0.6 is 11.6 Å². The highest BCUT2D eigenvalue weighted by Crippen LogP contribution is 2.15. The molecule has 0 aliphatic carbocycles. The molecule has 2 N–H and O–H groups in total. The van der Waals surface area contributed by atoms with Crippen LogP contribution in [0.1, 0.15) is 13.3 Å². The molecule has 17 heavy (non-hydrogen) atoms. The van der Waals surface area contributed by atoms with Crippen molar-refractivity contribution < 1.29 is 14.6 Å². The maximum absolute atomic E-state index is 10.5. The highest BCUT2D eigenvalue weighted by molar-refractivity contribution is 6.30. The summed E-state index contributed by atoms with van der Waals surface area (Å²) >= 11 is 5.74. The second kappa shape index (κ2) is 7.14. The van der Waals surface area contributed by atoms with Crippen LogP contribution in [-0.4, -0.2) is 30.3 Å². The molecule has 1 atom stereocenters. The molecule has 1 aromatic rings. The molecule has 4 nitrogen and oxygen atoms in total. The van der Waals surface area contributed by atoms with Crippen molar-refractivity contribution in [3.63, 3.8) is 0 Å². The Labute approximate surface area is 106 Å². The Morgan fingerprint density at radius 1 is 1.47 bits per heavy atom. The van der Waals surface area contributed by atoms with E-state index in [4.69, 9.17) is 21.4 Å². The van der Waals surface area contributed by atoms with Gasteiger partial charge in [0.25, 0.3) is 0 Å². The van der Waals surface area contributed by atoms with Gasteiger partial charge in [0.2, 0.25) is 0 Å². The van der Waals surface area contributed by atoms with E-state index in [0.29, 0.717) is 18.2 Å². The summed E-state index contributed by atoms with van der Waals surface area (Å²) in [6, 6.07) is 6.61. The third kappa shape index (κ3) is 5.56. The van der Waals surface area contributed by atoms with Gasteiger partial charge in [0.15, 0.2) is 0 Å². The largest absolute Gasteiger partial charge is 0.494 e. The Hall–Kier alpha value is -1.26. The van der Waals surface area contributed by atoms with E-state index in [2.05, 4.69) is 5.32 Å². The topological polar surface area (TPSA) is 58.6 Å². The standard InChI is InChI=1S/C12H16ClNO3/c1-9(12(15)16)14-7-2-8-17-11-5-3-10(13)4-6-11/h3-6,9,14H,2,7-8H2,1H3,(H,15,16)/t9-/m0/s1. The third-order valence-electron chi connectivity index (χ3n) is 2.22. The van der Waals surface area contributed by atoms with E-state index < -0.39 is 12.0 Å². The van der Waals surface area contributed by atoms with Crippen LogP contribution < -0.4 is 10.1 Å². The van der Waals surface area contributed by atoms with Gasteiger partial charge >= 0.3 is 5.97 Å². The Kier molecular flexibility index (Phi) is 5.80. The van der Waals surface area contributed by atoms with Gasteiger partial charge in [0, 0.05) is 5.02 Å². The molecule has 0 amide bonds. The van der Waals surface area contributed by atoms with Gasteiger partial charge in [0.05, 0.1) is 6.61 Å². The van der Waals surface area contributed by atoms with Crippen LogP contribution in [0.25, 0.3) is 0 Å². The van der Waals surface area contributed by atoms with E-state index in [0.717, 1.165) is 12.2 Å². The number of rotatable bonds is 7. The zero-order valence-corrected chi connectivity index (χ0v) is 10.4. The van der Waals surface area contributed by atoms with E-state index in [9.17, 15) is 4.79 Å². The predicted molar refractivity (Wildman–Crippen MR) is 66.7 cm³/mol. The minimum Gasteiger partial charge on any atom is -0.494 e. The molecule has 0 aliphatic rings. The van der Waals surface area contributed by atoms with Crippen molar-refractivity contribution in [3.8, 4) is 5.75 Å². The summed E-state index contributed by atoms with van der Waals surface area (Å²) in [5, 5.41) is 12.2. The molecule has 0 spiro atoms. The fraction of sp³-hybridized carbons (Fsp3) is 0.417. The zero-order valence-electron chi connectivity index (χ0n) is 9.65. The summed E-state index contributed by atoms with van der Waals surface area (Å²) in [4.78, 5) is 10.5. The van der Waals surface area contributed by atoms with Crippen molar-refractivity contribution in [2.45, 2.75) is 19.4 Å². The number of carboxylic acids is 1. The molecule has 0 aromatic heterocycles. The average Bonchev–Trinajstić information content (AvgIpc) is 2.30. The van der Waals surface area contributed by atoms with Crippen LogP contribution in [0.4, 0.5) is 0 Å². The fourth-order valence-electron chi connectivity index (χ4n) is 1.20. The van der Waals surface area contributed by atoms with Gasteiger partial charge in [-0.2, -0.15) is 0 Å². The molecule has 0 radical (unpaired) electrons. The van der Waals surface area contributed by atoms with Gasteiger partial charge in [-0.3, -0.25) is 4.79 Å². The third-order valence-corrected chi connectivity index (χ3v) is 2.48. The minimum absolute atomic E-state index is 0.523. The number of halogens is 1. The van der Waals surface area contributed by atoms with Crippen molar-refractivity contribution >= 4 is 17.6 Å². The van der Waals surface area contributed by atoms with Crippen LogP contribution in [0.3, 0.4) is 0 Å². The summed E-state index contributed by atoms with van der Waals surface area (Å²) in [6.07, 6.45) is 0.750. The molecule has 5 heteroatoms. The molecular formula is C12H16ClNO3. The first-order valence-electron chi connectivity index (χ1n) is 5.44. The summed E-state index contributed by atoms with van der Waals surface area (Å²) in [6.45, 7) is 2.77. The van der Waals surface area contributed by atoms with Gasteiger partial charge in [0.1, 0.15) is 11.8 Å². The Morgan fingerprint density at radius 3 is 2.71 bits per heavy atom. The molecule has 94 valence electrons. The first-order chi connectivity index (χ1) is 8.09. The number of nitrogens with one attached hydrogen (secondary N) is 1. The van der Waals surface area contributed by atoms with Crippen molar-refractivity contribution in [3.05, 3.63) is 29.3 Å². The number of benzene rings is 1. The van der Waals surface area contributed by atoms with Gasteiger partial charge < -0.3 is 15.2 Å². The van der Waals surface area contributed by atoms with Gasteiger partial charge in [-0.15, -0.1) is 0 Å². The lowest BCUT2D eigenvalue weighted by Gasteiger charge is -2.09. The molecule has 0 aliphatic heterocycles. The molecule has 0 saturated carbocycles. The molecular weight excluding hydrogens is 242 g/mol. The zero-order chi connectivity index (χ0) is 12.7. The van der Waals surface area contributed by atoms with Crippen molar-refractivity contribution in [2.24, 2.45) is 0 Å². The van der Waals surface area contributed by atoms with Crippen LogP contribution in [0.2, 0.25) is 5.02 Å². The number of hydrogen-bond acceptors (Lipinski definition) is 3. The van der Waals surface area contributed by atoms with E-state index in [1.54, 1.807) is 31.2 Å². The lowest BCUT2D eigenvalue weighted by atomic mass is 10.3. The number of hydrogen-bond donors (Lipinski definition) is 2. The molecule has 0 fully saturated rings. The normalized spacial score (nSPS) is 12.1. The van der Waals surface area contributed by atoms with Crippen LogP contribution in [0.5, 0.6) is 5.75 Å². The number of carbonyl (C=O) groups is 1. The summed E-state index contributed by atoms with van der Waals surface area (Å²) in [7, 11) is 0. The number of aliphatic carboxylic acids is 1. The molecule has 1 aromatic carbocycles. The van der Waals surface area contributed by atoms with Crippen LogP contribution in [0, 0.1) is 0 Å². The predicted octanol–water partition coefficient (Wildman–Crippen LogP) is 2.17. The monoisotopic (exact) mass is 257 g/mol. The Bertz CT molecular complexity index is 353. The summed E-state index contributed by atoms with van der Waals surface area (Å²) in [5.74, 6) is -0.0793. The fourth-order valence-corrected chi connectivity index (χ4v) is 1.32. The molecule has 0 saturated heterocycles. The molecule has 1 rings (SSSR count). The lowest BCUT2D eigenvalue weighted by Crippen LogP contribution is -2.34. The summed E-state index contributed by atoms with van der Waals surface area (Å²) in [5.41, 5.74) is 0. The summed E-state index contributed by atoms with van der Waals surface area (Å²) < 4.78 is 5.46. The highest BCUT2D eigenvalue weighted by atomic mass is 35.5. The second-order valence-electron chi connectivity index (χ2n) is 3.67. The average molecular weight is 258 g/mol. The molecule has 0 heterocycles. The quantitative estimate of drug-likeness (QED) is 0.735. The van der Waals surface area contributed by atoms with Gasteiger partial charge in [-0.1, -0.05) is 11.6 Å². The molecule has 0 bridgehead atoms. The second-order valence-corrected chi connectivity index (χ2v) is 4.11. The van der Waals surface area contributed by atoms with Crippen molar-refractivity contribution in [1.82, 2.24) is 5.32 Å². The Balaban J connectivity index is 2.12. The van der Waals surface area contributed by atoms with E-state index >= 15 is 0 Å². The SMILES string of the molecule is C[C@H](NCCCOc1ccc(Cl)cc1)C(=O)O. The maximum atomic E-state index is 10.5. The lowest BCUT2D eigenvalue weighted by molar-refractivity contribution is -0.139. The maximum Gasteiger partial charge on any atom is 0.320 e. The van der Waals surface area contributed by atoms with Crippen LogP contribution in [-0.2, 0) is 4.79 Å². The smallest absolute Gasteiger partial charge is 0.320 e. The first-order valence-corrected chi connectivity index (χ1v) is 5.82. The Morgan fingerprint density at radius 2 is 2.12 bits per heavy atom. The minimum atomic E-state index is -0.844. The highest BCUT2D eigenvalue weighted by Gasteiger charge is 2.08. The van der Waals surface area contributed by atoms with Crippen LogP contribution in [0.15, 0.2) is 24.3 Å². The van der Waals surface area contributed by atoms with Gasteiger partial charge in [-0.25, -0.2) is 0 Å². The van der Waals surface area contributed by atoms with Crippen molar-refractivity contribution in [1.29, 1.82) is 0 Å². The van der Waals surface area contributed by atoms with Crippen molar-refractivity contribution in [2.75, 3.05) is 13.2 Å². The number of ether oxygens (including phenoxy) is 1. The molecule has 0 unspecified atom stereocenters.